The first-order valence-electron chi connectivity index (χ1n) is 4.29. The van der Waals surface area contributed by atoms with Crippen LogP contribution in [0.4, 0.5) is 0 Å². The zero-order chi connectivity index (χ0) is 8.23. The van der Waals surface area contributed by atoms with Crippen molar-refractivity contribution < 1.29 is 0 Å². The summed E-state index contributed by atoms with van der Waals surface area (Å²) in [5.41, 5.74) is 2.64. The second-order valence-electron chi connectivity index (χ2n) is 2.93. The van der Waals surface area contributed by atoms with Crippen molar-refractivity contribution in [2.24, 2.45) is 0 Å². The number of allylic oxidation sites excluding steroid dienone is 3. The van der Waals surface area contributed by atoms with Crippen molar-refractivity contribution in [1.82, 2.24) is 0 Å². The Labute approximate surface area is 73.2 Å². The van der Waals surface area contributed by atoms with Gasteiger partial charge in [0.15, 0.2) is 0 Å². The standard InChI is InChI=1S/C12H11/c1-2-4-8-12-10-6-5-9-11(12)7-3-1/h1-3,5-7,10H,4,8H2/b2-1-,7-3-. The van der Waals surface area contributed by atoms with Crippen molar-refractivity contribution in [3.05, 3.63) is 53.6 Å². The van der Waals surface area contributed by atoms with Gasteiger partial charge in [0.25, 0.3) is 0 Å². The highest BCUT2D eigenvalue weighted by molar-refractivity contribution is 5.55. The summed E-state index contributed by atoms with van der Waals surface area (Å²) in [4.78, 5) is 0. The van der Waals surface area contributed by atoms with Crippen LogP contribution < -0.4 is 0 Å². The van der Waals surface area contributed by atoms with Crippen LogP contribution >= 0.6 is 0 Å². The van der Waals surface area contributed by atoms with Gasteiger partial charge in [0.2, 0.25) is 0 Å². The van der Waals surface area contributed by atoms with E-state index in [2.05, 4.69) is 42.5 Å². The van der Waals surface area contributed by atoms with Gasteiger partial charge in [0.1, 0.15) is 0 Å². The van der Waals surface area contributed by atoms with E-state index in [1.165, 1.54) is 11.1 Å². The lowest BCUT2D eigenvalue weighted by Crippen LogP contribution is -1.89. The van der Waals surface area contributed by atoms with Crippen LogP contribution in [0.25, 0.3) is 6.08 Å². The molecule has 1 radical (unpaired) electrons. The summed E-state index contributed by atoms with van der Waals surface area (Å²) < 4.78 is 0. The highest BCUT2D eigenvalue weighted by Crippen LogP contribution is 2.14. The van der Waals surface area contributed by atoms with Crippen molar-refractivity contribution in [1.29, 1.82) is 0 Å². The van der Waals surface area contributed by atoms with E-state index in [0.29, 0.717) is 0 Å². The quantitative estimate of drug-likeness (QED) is 0.540. The lowest BCUT2D eigenvalue weighted by Gasteiger charge is -2.04. The highest BCUT2D eigenvalue weighted by Gasteiger charge is 1.98. The minimum atomic E-state index is 1.13. The topological polar surface area (TPSA) is 0 Å². The Hall–Kier alpha value is -1.30. The van der Waals surface area contributed by atoms with Crippen LogP contribution in [-0.4, -0.2) is 0 Å². The van der Waals surface area contributed by atoms with Gasteiger partial charge in [-0.2, -0.15) is 0 Å². The fourth-order valence-corrected chi connectivity index (χ4v) is 1.42. The molecule has 0 unspecified atom stereocenters. The van der Waals surface area contributed by atoms with Crippen LogP contribution in [0.2, 0.25) is 0 Å². The van der Waals surface area contributed by atoms with Gasteiger partial charge in [0.05, 0.1) is 0 Å². The van der Waals surface area contributed by atoms with Gasteiger partial charge < -0.3 is 0 Å². The molecular formula is C12H11. The van der Waals surface area contributed by atoms with Crippen molar-refractivity contribution in [3.63, 3.8) is 0 Å². The number of benzene rings is 1. The first-order chi connectivity index (χ1) is 5.97. The molecule has 1 aromatic carbocycles. The zero-order valence-electron chi connectivity index (χ0n) is 6.96. The van der Waals surface area contributed by atoms with Crippen LogP contribution in [0.1, 0.15) is 17.5 Å². The average Bonchev–Trinajstić information content (AvgIpc) is 2.06. The summed E-state index contributed by atoms with van der Waals surface area (Å²) in [5, 5.41) is 0. The van der Waals surface area contributed by atoms with Gasteiger partial charge in [-0.3, -0.25) is 0 Å². The maximum Gasteiger partial charge on any atom is -0.0103 e. The Morgan fingerprint density at radius 1 is 1.25 bits per heavy atom. The summed E-state index contributed by atoms with van der Waals surface area (Å²) in [6.07, 6.45) is 10.8. The molecule has 0 amide bonds. The Morgan fingerprint density at radius 2 is 2.25 bits per heavy atom. The van der Waals surface area contributed by atoms with E-state index < -0.39 is 0 Å². The molecule has 0 atom stereocenters. The lowest BCUT2D eigenvalue weighted by atomic mass is 10.0. The number of hydrogen-bond donors (Lipinski definition) is 0. The van der Waals surface area contributed by atoms with E-state index in [-0.39, 0.29) is 0 Å². The normalized spacial score (nSPS) is 20.3. The Kier molecular flexibility index (Phi) is 2.08. The molecule has 1 aromatic rings. The van der Waals surface area contributed by atoms with Crippen molar-refractivity contribution >= 4 is 6.08 Å². The molecule has 0 aliphatic heterocycles. The minimum Gasteiger partial charge on any atom is -0.0842 e. The summed E-state index contributed by atoms with van der Waals surface area (Å²) in [6, 6.07) is 9.43. The maximum atomic E-state index is 3.24. The van der Waals surface area contributed by atoms with Crippen LogP contribution in [0.5, 0.6) is 0 Å². The Bertz CT molecular complexity index is 319. The SMILES string of the molecule is [c]1cccc2c1/C=C\C=C/CC2. The molecular weight excluding hydrogens is 144 g/mol. The molecule has 59 valence electrons. The van der Waals surface area contributed by atoms with Gasteiger partial charge >= 0.3 is 0 Å². The van der Waals surface area contributed by atoms with E-state index in [1.807, 2.05) is 6.07 Å². The van der Waals surface area contributed by atoms with E-state index in [4.69, 9.17) is 0 Å². The van der Waals surface area contributed by atoms with Crippen molar-refractivity contribution in [2.45, 2.75) is 12.8 Å². The second kappa shape index (κ2) is 3.40. The first kappa shape index (κ1) is 7.35. The van der Waals surface area contributed by atoms with E-state index in [0.717, 1.165) is 12.8 Å². The summed E-state index contributed by atoms with van der Waals surface area (Å²) in [5.74, 6) is 0. The predicted molar refractivity (Wildman–Crippen MR) is 51.8 cm³/mol. The van der Waals surface area contributed by atoms with Crippen molar-refractivity contribution in [2.75, 3.05) is 0 Å². The van der Waals surface area contributed by atoms with Gasteiger partial charge in [0, 0.05) is 0 Å². The van der Waals surface area contributed by atoms with Crippen LogP contribution in [0.3, 0.4) is 0 Å². The maximum absolute atomic E-state index is 3.24. The molecule has 12 heavy (non-hydrogen) atoms. The summed E-state index contributed by atoms with van der Waals surface area (Å²) in [6.45, 7) is 0. The lowest BCUT2D eigenvalue weighted by molar-refractivity contribution is 0.995. The fourth-order valence-electron chi connectivity index (χ4n) is 1.42. The molecule has 1 aliphatic carbocycles. The molecule has 0 spiro atoms. The third-order valence-corrected chi connectivity index (χ3v) is 2.07. The van der Waals surface area contributed by atoms with E-state index in [9.17, 15) is 0 Å². The molecule has 0 heteroatoms. The molecule has 0 saturated heterocycles. The molecule has 1 aliphatic rings. The molecule has 0 heterocycles. The predicted octanol–water partition coefficient (Wildman–Crippen LogP) is 3.00. The Balaban J connectivity index is 2.43. The van der Waals surface area contributed by atoms with E-state index >= 15 is 0 Å². The number of aryl methyl sites for hydroxylation is 1. The van der Waals surface area contributed by atoms with Gasteiger partial charge in [-0.1, -0.05) is 42.5 Å². The largest absolute Gasteiger partial charge is 0.0842 e. The number of fused-ring (bicyclic) bond motifs is 1. The molecule has 2 rings (SSSR count). The van der Waals surface area contributed by atoms with Crippen LogP contribution in [0, 0.1) is 6.07 Å². The molecule has 0 N–H and O–H groups in total. The molecule has 0 bridgehead atoms. The van der Waals surface area contributed by atoms with E-state index in [1.54, 1.807) is 0 Å². The highest BCUT2D eigenvalue weighted by atomic mass is 14.0. The zero-order valence-corrected chi connectivity index (χ0v) is 6.96. The first-order valence-corrected chi connectivity index (χ1v) is 4.29. The number of hydrogen-bond acceptors (Lipinski definition) is 0. The molecule has 0 aromatic heterocycles. The van der Waals surface area contributed by atoms with Crippen molar-refractivity contribution in [3.8, 4) is 0 Å². The average molecular weight is 155 g/mol. The van der Waals surface area contributed by atoms with Gasteiger partial charge in [-0.25, -0.2) is 0 Å². The second-order valence-corrected chi connectivity index (χ2v) is 2.93. The molecule has 0 nitrogen and oxygen atoms in total. The van der Waals surface area contributed by atoms with Gasteiger partial charge in [-0.05, 0) is 30.0 Å². The molecule has 0 fully saturated rings. The smallest absolute Gasteiger partial charge is 0.0103 e. The third kappa shape index (κ3) is 1.48. The minimum absolute atomic E-state index is 1.13. The molecule has 0 saturated carbocycles. The summed E-state index contributed by atoms with van der Waals surface area (Å²) >= 11 is 0. The fraction of sp³-hybridized carbons (Fsp3) is 0.167. The van der Waals surface area contributed by atoms with Crippen LogP contribution in [0.15, 0.2) is 36.4 Å². The Morgan fingerprint density at radius 3 is 3.25 bits per heavy atom. The number of rotatable bonds is 0. The third-order valence-electron chi connectivity index (χ3n) is 2.07. The van der Waals surface area contributed by atoms with Crippen LogP contribution in [-0.2, 0) is 6.42 Å². The van der Waals surface area contributed by atoms with Gasteiger partial charge in [-0.15, -0.1) is 0 Å². The summed E-state index contributed by atoms with van der Waals surface area (Å²) in [7, 11) is 0. The monoisotopic (exact) mass is 155 g/mol.